The van der Waals surface area contributed by atoms with Crippen molar-refractivity contribution < 1.29 is 4.39 Å². The van der Waals surface area contributed by atoms with Gasteiger partial charge >= 0.3 is 0 Å². The maximum absolute atomic E-state index is 13.2. The summed E-state index contributed by atoms with van der Waals surface area (Å²) in [6, 6.07) is 3.07. The maximum Gasteiger partial charge on any atom is 0.165 e. The molecule has 1 rings (SSSR count). The molecule has 0 fully saturated rings. The molecule has 0 radical (unpaired) electrons. The van der Waals surface area contributed by atoms with Crippen molar-refractivity contribution in [2.75, 3.05) is 11.9 Å². The molecule has 0 saturated heterocycles. The first kappa shape index (κ1) is 10.9. The average Bonchev–Trinajstić information content (AvgIpc) is 2.20. The molecule has 0 saturated carbocycles. The molecule has 2 atom stereocenters. The van der Waals surface area contributed by atoms with E-state index in [2.05, 4.69) is 10.3 Å². The van der Waals surface area contributed by atoms with Crippen molar-refractivity contribution in [3.8, 4) is 0 Å². The van der Waals surface area contributed by atoms with E-state index in [4.69, 9.17) is 5.73 Å². The molecule has 1 aromatic rings. The highest BCUT2D eigenvalue weighted by Gasteiger charge is 2.12. The van der Waals surface area contributed by atoms with Crippen LogP contribution in [0.1, 0.15) is 13.8 Å². The van der Waals surface area contributed by atoms with Gasteiger partial charge in [0.05, 0.1) is 0 Å². The Morgan fingerprint density at radius 2 is 2.29 bits per heavy atom. The summed E-state index contributed by atoms with van der Waals surface area (Å²) in [5.74, 6) is 0.250. The molecule has 0 amide bonds. The van der Waals surface area contributed by atoms with Gasteiger partial charge in [-0.2, -0.15) is 0 Å². The number of halogens is 1. The number of aromatic nitrogens is 1. The van der Waals surface area contributed by atoms with Gasteiger partial charge in [-0.3, -0.25) is 0 Å². The third-order valence-corrected chi connectivity index (χ3v) is 2.35. The van der Waals surface area contributed by atoms with Gasteiger partial charge in [0, 0.05) is 12.2 Å². The predicted molar refractivity (Wildman–Crippen MR) is 55.5 cm³/mol. The first-order chi connectivity index (χ1) is 6.65. The number of nitrogens with zero attached hydrogens (tertiary/aromatic N) is 1. The van der Waals surface area contributed by atoms with Crippen LogP contribution in [0.4, 0.5) is 10.2 Å². The summed E-state index contributed by atoms with van der Waals surface area (Å²) in [4.78, 5) is 3.91. The van der Waals surface area contributed by atoms with E-state index in [0.717, 1.165) is 0 Å². The highest BCUT2D eigenvalue weighted by Crippen LogP contribution is 2.12. The Morgan fingerprint density at radius 3 is 2.86 bits per heavy atom. The van der Waals surface area contributed by atoms with Crippen LogP contribution in [0.25, 0.3) is 0 Å². The molecule has 3 N–H and O–H groups in total. The number of nitrogens with one attached hydrogen (secondary N) is 1. The van der Waals surface area contributed by atoms with E-state index in [1.807, 2.05) is 13.8 Å². The van der Waals surface area contributed by atoms with Gasteiger partial charge < -0.3 is 11.1 Å². The zero-order chi connectivity index (χ0) is 10.6. The zero-order valence-corrected chi connectivity index (χ0v) is 8.50. The third kappa shape index (κ3) is 2.67. The summed E-state index contributed by atoms with van der Waals surface area (Å²) >= 11 is 0. The van der Waals surface area contributed by atoms with Crippen LogP contribution >= 0.6 is 0 Å². The van der Waals surface area contributed by atoms with Crippen molar-refractivity contribution in [2.45, 2.75) is 19.9 Å². The lowest BCUT2D eigenvalue weighted by Gasteiger charge is -2.20. The molecular weight excluding hydrogens is 181 g/mol. The van der Waals surface area contributed by atoms with Crippen LogP contribution in [0.5, 0.6) is 0 Å². The number of anilines is 1. The average molecular weight is 197 g/mol. The Labute approximate surface area is 83.5 Å². The van der Waals surface area contributed by atoms with Crippen LogP contribution in [0.15, 0.2) is 18.3 Å². The summed E-state index contributed by atoms with van der Waals surface area (Å²) in [5.41, 5.74) is 5.51. The number of rotatable bonds is 4. The fraction of sp³-hybridized carbons (Fsp3) is 0.500. The molecule has 78 valence electrons. The van der Waals surface area contributed by atoms with E-state index >= 15 is 0 Å². The van der Waals surface area contributed by atoms with Crippen molar-refractivity contribution in [2.24, 2.45) is 11.7 Å². The monoisotopic (exact) mass is 197 g/mol. The van der Waals surface area contributed by atoms with E-state index in [9.17, 15) is 4.39 Å². The highest BCUT2D eigenvalue weighted by atomic mass is 19.1. The molecule has 0 aromatic carbocycles. The first-order valence-corrected chi connectivity index (χ1v) is 4.72. The van der Waals surface area contributed by atoms with E-state index < -0.39 is 0 Å². The second kappa shape index (κ2) is 4.91. The molecule has 0 bridgehead atoms. The van der Waals surface area contributed by atoms with Gasteiger partial charge in [0.2, 0.25) is 0 Å². The molecule has 0 aliphatic carbocycles. The van der Waals surface area contributed by atoms with Crippen LogP contribution in [0, 0.1) is 11.7 Å². The molecule has 2 unspecified atom stereocenters. The summed E-state index contributed by atoms with van der Waals surface area (Å²) in [6.45, 7) is 4.55. The van der Waals surface area contributed by atoms with Gasteiger partial charge in [-0.05, 0) is 31.5 Å². The van der Waals surface area contributed by atoms with Crippen LogP contribution in [0.2, 0.25) is 0 Å². The predicted octanol–water partition coefficient (Wildman–Crippen LogP) is 1.62. The molecular formula is C10H16FN3. The SMILES string of the molecule is CC(CN)C(C)Nc1ncccc1F. The van der Waals surface area contributed by atoms with Gasteiger partial charge in [-0.25, -0.2) is 9.37 Å². The van der Waals surface area contributed by atoms with E-state index in [-0.39, 0.29) is 17.8 Å². The van der Waals surface area contributed by atoms with E-state index in [1.54, 1.807) is 12.3 Å². The number of nitrogens with two attached hydrogens (primary N) is 1. The Morgan fingerprint density at radius 1 is 1.57 bits per heavy atom. The van der Waals surface area contributed by atoms with Crippen molar-refractivity contribution in [1.82, 2.24) is 4.98 Å². The van der Waals surface area contributed by atoms with Crippen molar-refractivity contribution in [1.29, 1.82) is 0 Å². The summed E-state index contributed by atoms with van der Waals surface area (Å²) < 4.78 is 13.2. The number of hydrogen-bond donors (Lipinski definition) is 2. The van der Waals surface area contributed by atoms with Crippen molar-refractivity contribution in [3.63, 3.8) is 0 Å². The maximum atomic E-state index is 13.2. The largest absolute Gasteiger partial charge is 0.365 e. The lowest BCUT2D eigenvalue weighted by atomic mass is 10.0. The minimum atomic E-state index is -0.330. The number of hydrogen-bond acceptors (Lipinski definition) is 3. The minimum absolute atomic E-state index is 0.115. The van der Waals surface area contributed by atoms with Gasteiger partial charge in [0.25, 0.3) is 0 Å². The quantitative estimate of drug-likeness (QED) is 0.771. The molecule has 0 aliphatic rings. The highest BCUT2D eigenvalue weighted by molar-refractivity contribution is 5.36. The summed E-state index contributed by atoms with van der Waals surface area (Å²) in [6.07, 6.45) is 1.56. The Balaban J connectivity index is 2.64. The van der Waals surface area contributed by atoms with E-state index in [1.165, 1.54) is 6.07 Å². The molecule has 1 heterocycles. The Kier molecular flexibility index (Phi) is 3.83. The lowest BCUT2D eigenvalue weighted by molar-refractivity contribution is 0.515. The molecule has 0 aliphatic heterocycles. The molecule has 0 spiro atoms. The van der Waals surface area contributed by atoms with Gasteiger partial charge in [0.1, 0.15) is 0 Å². The number of pyridine rings is 1. The normalized spacial score (nSPS) is 14.9. The third-order valence-electron chi connectivity index (χ3n) is 2.35. The minimum Gasteiger partial charge on any atom is -0.365 e. The van der Waals surface area contributed by atoms with Crippen LogP contribution < -0.4 is 11.1 Å². The zero-order valence-electron chi connectivity index (χ0n) is 8.50. The lowest BCUT2D eigenvalue weighted by Crippen LogP contribution is -2.30. The van der Waals surface area contributed by atoms with Crippen LogP contribution in [-0.4, -0.2) is 17.6 Å². The molecule has 14 heavy (non-hydrogen) atoms. The van der Waals surface area contributed by atoms with Crippen LogP contribution in [0.3, 0.4) is 0 Å². The van der Waals surface area contributed by atoms with Gasteiger partial charge in [-0.1, -0.05) is 6.92 Å². The molecule has 4 heteroatoms. The standard InChI is InChI=1S/C10H16FN3/c1-7(6-12)8(2)14-10-9(11)4-3-5-13-10/h3-5,7-8H,6,12H2,1-2H3,(H,13,14). The van der Waals surface area contributed by atoms with Crippen molar-refractivity contribution >= 4 is 5.82 Å². The topological polar surface area (TPSA) is 50.9 Å². The molecule has 1 aromatic heterocycles. The van der Waals surface area contributed by atoms with Crippen molar-refractivity contribution in [3.05, 3.63) is 24.1 Å². The Hall–Kier alpha value is -1.16. The van der Waals surface area contributed by atoms with Crippen LogP contribution in [-0.2, 0) is 0 Å². The fourth-order valence-electron chi connectivity index (χ4n) is 1.05. The first-order valence-electron chi connectivity index (χ1n) is 4.72. The van der Waals surface area contributed by atoms with E-state index in [0.29, 0.717) is 12.4 Å². The van der Waals surface area contributed by atoms with Gasteiger partial charge in [-0.15, -0.1) is 0 Å². The van der Waals surface area contributed by atoms with Gasteiger partial charge in [0.15, 0.2) is 11.6 Å². The Bertz CT molecular complexity index is 290. The second-order valence-corrected chi connectivity index (χ2v) is 3.48. The second-order valence-electron chi connectivity index (χ2n) is 3.48. The summed E-state index contributed by atoms with van der Waals surface area (Å²) in [5, 5.41) is 2.99. The molecule has 3 nitrogen and oxygen atoms in total. The fourth-order valence-corrected chi connectivity index (χ4v) is 1.05. The summed E-state index contributed by atoms with van der Waals surface area (Å²) in [7, 11) is 0. The smallest absolute Gasteiger partial charge is 0.165 e.